The second-order valence-electron chi connectivity index (χ2n) is 5.19. The molecule has 20 heavy (non-hydrogen) atoms. The van der Waals surface area contributed by atoms with E-state index in [2.05, 4.69) is 0 Å². The van der Waals surface area contributed by atoms with Gasteiger partial charge in [0.05, 0.1) is 17.1 Å². The zero-order chi connectivity index (χ0) is 14.8. The molecule has 0 bridgehead atoms. The maximum Gasteiger partial charge on any atom is 0.338 e. The lowest BCUT2D eigenvalue weighted by molar-refractivity contribution is 0.0464. The van der Waals surface area contributed by atoms with Gasteiger partial charge in [0.2, 0.25) is 0 Å². The molecule has 1 aliphatic carbocycles. The van der Waals surface area contributed by atoms with E-state index in [1.807, 2.05) is 0 Å². The molecule has 1 aromatic rings. The predicted molar refractivity (Wildman–Crippen MR) is 76.5 cm³/mol. The minimum Gasteiger partial charge on any atom is -0.462 e. The number of carbonyl (C=O) groups excluding carboxylic acids is 1. The van der Waals surface area contributed by atoms with Crippen LogP contribution in [0.25, 0.3) is 0 Å². The Hall–Kier alpha value is -1.07. The van der Waals surface area contributed by atoms with Gasteiger partial charge in [-0.15, -0.1) is 0 Å². The van der Waals surface area contributed by atoms with Gasteiger partial charge in [0.25, 0.3) is 9.05 Å². The molecule has 1 saturated carbocycles. The van der Waals surface area contributed by atoms with Gasteiger partial charge in [-0.2, -0.15) is 0 Å². The Kier molecular flexibility index (Phi) is 4.70. The minimum absolute atomic E-state index is 0.0786. The molecule has 1 aliphatic rings. The van der Waals surface area contributed by atoms with Crippen LogP contribution in [0.4, 0.5) is 0 Å². The summed E-state index contributed by atoms with van der Waals surface area (Å²) in [5.74, 6) is 0.161. The number of hydrogen-bond acceptors (Lipinski definition) is 4. The highest BCUT2D eigenvalue weighted by Gasteiger charge is 2.19. The summed E-state index contributed by atoms with van der Waals surface area (Å²) < 4.78 is 27.8. The molecule has 0 N–H and O–H groups in total. The molecule has 6 heteroatoms. The lowest BCUT2D eigenvalue weighted by atomic mass is 9.83. The average molecular weight is 317 g/mol. The van der Waals surface area contributed by atoms with E-state index in [1.165, 1.54) is 31.4 Å². The first-order chi connectivity index (χ1) is 9.36. The van der Waals surface area contributed by atoms with Gasteiger partial charge >= 0.3 is 5.97 Å². The average Bonchev–Trinajstić information content (AvgIpc) is 2.30. The smallest absolute Gasteiger partial charge is 0.338 e. The van der Waals surface area contributed by atoms with E-state index in [0.29, 0.717) is 18.1 Å². The Morgan fingerprint density at radius 3 is 2.60 bits per heavy atom. The van der Waals surface area contributed by atoms with E-state index in [9.17, 15) is 13.2 Å². The first-order valence-electron chi connectivity index (χ1n) is 6.60. The molecule has 0 unspecified atom stereocenters. The van der Waals surface area contributed by atoms with Crippen molar-refractivity contribution in [1.29, 1.82) is 0 Å². The van der Waals surface area contributed by atoms with Gasteiger partial charge in [-0.3, -0.25) is 0 Å². The molecule has 0 atom stereocenters. The third-order valence-electron chi connectivity index (χ3n) is 3.55. The molecule has 0 saturated heterocycles. The van der Waals surface area contributed by atoms with Gasteiger partial charge in [-0.1, -0.05) is 19.3 Å². The van der Waals surface area contributed by atoms with Crippen molar-refractivity contribution in [3.63, 3.8) is 0 Å². The van der Waals surface area contributed by atoms with Crippen LogP contribution in [-0.2, 0) is 13.8 Å². The number of aryl methyl sites for hydroxylation is 1. The van der Waals surface area contributed by atoms with Crippen LogP contribution in [0.5, 0.6) is 0 Å². The first-order valence-corrected chi connectivity index (χ1v) is 8.90. The lowest BCUT2D eigenvalue weighted by Gasteiger charge is -2.24. The molecule has 0 heterocycles. The van der Waals surface area contributed by atoms with E-state index >= 15 is 0 Å². The maximum absolute atomic E-state index is 11.9. The molecule has 2 rings (SSSR count). The normalized spacial score (nSPS) is 15.7. The number of esters is 1. The number of hydrogen-bond donors (Lipinski definition) is 0. The van der Waals surface area contributed by atoms with Crippen molar-refractivity contribution in [1.82, 2.24) is 0 Å². The zero-order valence-corrected chi connectivity index (χ0v) is 12.8. The standard InChI is InChI=1S/C14H17ClO4S/c1-10-7-12(9-13(8-10)20(15,17)18)14(16)19-6-5-11-3-2-4-11/h7-9,11H,2-6H2,1H3. The number of carbonyl (C=O) groups is 1. The van der Waals surface area contributed by atoms with Crippen LogP contribution >= 0.6 is 10.7 Å². The van der Waals surface area contributed by atoms with E-state index in [4.69, 9.17) is 15.4 Å². The van der Waals surface area contributed by atoms with Crippen LogP contribution in [0.15, 0.2) is 23.1 Å². The summed E-state index contributed by atoms with van der Waals surface area (Å²) in [7, 11) is 1.45. The van der Waals surface area contributed by atoms with E-state index in [0.717, 1.165) is 6.42 Å². The molecule has 110 valence electrons. The van der Waals surface area contributed by atoms with Crippen LogP contribution in [0, 0.1) is 12.8 Å². The first kappa shape index (κ1) is 15.3. The SMILES string of the molecule is Cc1cc(C(=O)OCCC2CCC2)cc(S(=O)(=O)Cl)c1. The van der Waals surface area contributed by atoms with Crippen molar-refractivity contribution in [2.24, 2.45) is 5.92 Å². The van der Waals surface area contributed by atoms with Gasteiger partial charge in [0.1, 0.15) is 0 Å². The largest absolute Gasteiger partial charge is 0.462 e. The zero-order valence-electron chi connectivity index (χ0n) is 11.3. The molecule has 1 aromatic carbocycles. The predicted octanol–water partition coefficient (Wildman–Crippen LogP) is 3.27. The maximum atomic E-state index is 11.9. The van der Waals surface area contributed by atoms with Gasteiger partial charge < -0.3 is 4.74 Å². The Balaban J connectivity index is 2.03. The summed E-state index contributed by atoms with van der Waals surface area (Å²) in [6, 6.07) is 4.27. The number of ether oxygens (including phenoxy) is 1. The Morgan fingerprint density at radius 1 is 1.35 bits per heavy atom. The van der Waals surface area contributed by atoms with Gasteiger partial charge in [0, 0.05) is 10.7 Å². The van der Waals surface area contributed by atoms with Crippen molar-refractivity contribution in [2.45, 2.75) is 37.5 Å². The fourth-order valence-corrected chi connectivity index (χ4v) is 3.05. The summed E-state index contributed by atoms with van der Waals surface area (Å²) >= 11 is 0. The van der Waals surface area contributed by atoms with Crippen LogP contribution in [0.1, 0.15) is 41.6 Å². The van der Waals surface area contributed by atoms with Gasteiger partial charge in [-0.05, 0) is 43.0 Å². The molecule has 0 spiro atoms. The Bertz CT molecular complexity index is 606. The molecular formula is C14H17ClO4S. The highest BCUT2D eigenvalue weighted by molar-refractivity contribution is 8.13. The number of halogens is 1. The minimum atomic E-state index is -3.85. The number of benzene rings is 1. The summed E-state index contributed by atoms with van der Waals surface area (Å²) in [5, 5.41) is 0. The molecule has 0 aromatic heterocycles. The summed E-state index contributed by atoms with van der Waals surface area (Å²) in [5.41, 5.74) is 0.871. The third kappa shape index (κ3) is 3.96. The van der Waals surface area contributed by atoms with Gasteiger partial charge in [0.15, 0.2) is 0 Å². The second-order valence-corrected chi connectivity index (χ2v) is 7.76. The second kappa shape index (κ2) is 6.14. The van der Waals surface area contributed by atoms with Crippen molar-refractivity contribution in [3.05, 3.63) is 29.3 Å². The number of rotatable bonds is 5. The molecule has 1 fully saturated rings. The molecule has 0 aliphatic heterocycles. The van der Waals surface area contributed by atoms with Crippen molar-refractivity contribution >= 4 is 25.7 Å². The fraction of sp³-hybridized carbons (Fsp3) is 0.500. The van der Waals surface area contributed by atoms with Crippen LogP contribution in [0.3, 0.4) is 0 Å². The van der Waals surface area contributed by atoms with E-state index in [1.54, 1.807) is 13.0 Å². The van der Waals surface area contributed by atoms with Gasteiger partial charge in [-0.25, -0.2) is 13.2 Å². The summed E-state index contributed by atoms with van der Waals surface area (Å²) in [6.45, 7) is 2.08. The molecule has 4 nitrogen and oxygen atoms in total. The molecular weight excluding hydrogens is 300 g/mol. The van der Waals surface area contributed by atoms with Crippen molar-refractivity contribution < 1.29 is 17.9 Å². The van der Waals surface area contributed by atoms with Crippen LogP contribution in [-0.4, -0.2) is 21.0 Å². The quantitative estimate of drug-likeness (QED) is 0.618. The highest BCUT2D eigenvalue weighted by atomic mass is 35.7. The topological polar surface area (TPSA) is 60.4 Å². The third-order valence-corrected chi connectivity index (χ3v) is 4.89. The highest BCUT2D eigenvalue weighted by Crippen LogP contribution is 2.29. The van der Waals surface area contributed by atoms with E-state index in [-0.39, 0.29) is 10.5 Å². The van der Waals surface area contributed by atoms with Crippen LogP contribution in [0.2, 0.25) is 0 Å². The molecule has 0 radical (unpaired) electrons. The Labute approximate surface area is 123 Å². The van der Waals surface area contributed by atoms with Crippen molar-refractivity contribution in [3.8, 4) is 0 Å². The monoisotopic (exact) mass is 316 g/mol. The lowest BCUT2D eigenvalue weighted by Crippen LogP contribution is -2.15. The molecule has 0 amide bonds. The Morgan fingerprint density at radius 2 is 2.05 bits per heavy atom. The van der Waals surface area contributed by atoms with Crippen LogP contribution < -0.4 is 0 Å². The summed E-state index contributed by atoms with van der Waals surface area (Å²) in [6.07, 6.45) is 4.54. The van der Waals surface area contributed by atoms with E-state index < -0.39 is 15.0 Å². The fourth-order valence-electron chi connectivity index (χ4n) is 2.19. The summed E-state index contributed by atoms with van der Waals surface area (Å²) in [4.78, 5) is 11.8. The van der Waals surface area contributed by atoms with Crippen molar-refractivity contribution in [2.75, 3.05) is 6.61 Å².